The van der Waals surface area contributed by atoms with Crippen molar-refractivity contribution in [3.63, 3.8) is 0 Å². The van der Waals surface area contributed by atoms with E-state index in [1.165, 1.54) is 0 Å². The minimum atomic E-state index is -1.27. The molecular weight excluding hydrogens is 338 g/mol. The van der Waals surface area contributed by atoms with Gasteiger partial charge in [-0.3, -0.25) is 4.79 Å². The molecular formula is C20H22ClNO3. The maximum atomic E-state index is 13.5. The number of fused-ring (bicyclic) bond motifs is 1. The number of hydrogen-bond acceptors (Lipinski definition) is 4. The number of hydrogen-bond donors (Lipinski definition) is 1. The lowest BCUT2D eigenvalue weighted by molar-refractivity contribution is -0.0821. The fraction of sp³-hybridized carbons (Fsp3) is 0.350. The molecule has 0 fully saturated rings. The van der Waals surface area contributed by atoms with Crippen molar-refractivity contribution in [2.24, 2.45) is 0 Å². The Morgan fingerprint density at radius 2 is 1.76 bits per heavy atom. The molecule has 0 bridgehead atoms. The van der Waals surface area contributed by atoms with E-state index in [9.17, 15) is 9.90 Å². The van der Waals surface area contributed by atoms with Crippen molar-refractivity contribution >= 4 is 17.4 Å². The Morgan fingerprint density at radius 3 is 2.40 bits per heavy atom. The summed E-state index contributed by atoms with van der Waals surface area (Å²) in [6.45, 7) is 5.98. The van der Waals surface area contributed by atoms with E-state index in [1.54, 1.807) is 42.5 Å². The second-order valence-corrected chi connectivity index (χ2v) is 6.67. The summed E-state index contributed by atoms with van der Waals surface area (Å²) in [5.41, 5.74) is 0.0102. The van der Waals surface area contributed by atoms with Gasteiger partial charge in [-0.05, 0) is 42.9 Å². The van der Waals surface area contributed by atoms with Crippen molar-refractivity contribution < 1.29 is 14.6 Å². The normalized spacial score (nSPS) is 22.6. The van der Waals surface area contributed by atoms with Crippen LogP contribution in [0.5, 0.6) is 5.75 Å². The first-order valence-electron chi connectivity index (χ1n) is 8.49. The van der Waals surface area contributed by atoms with Gasteiger partial charge in [-0.15, -0.1) is 0 Å². The molecule has 5 heteroatoms. The van der Waals surface area contributed by atoms with Gasteiger partial charge in [0, 0.05) is 11.6 Å². The summed E-state index contributed by atoms with van der Waals surface area (Å²) in [4.78, 5) is 15.6. The molecule has 1 aliphatic rings. The predicted molar refractivity (Wildman–Crippen MR) is 98.3 cm³/mol. The number of benzene rings is 2. The molecule has 2 unspecified atom stereocenters. The molecule has 1 heterocycles. The fourth-order valence-electron chi connectivity index (χ4n) is 3.39. The SMILES string of the molecule is CCN(CC)CC1(c2ccc(Cl)cc2)C(=O)c2ccccc2OC1O. The molecule has 0 amide bonds. The third-order valence-corrected chi connectivity index (χ3v) is 5.18. The van der Waals surface area contributed by atoms with Crippen molar-refractivity contribution in [2.45, 2.75) is 25.6 Å². The highest BCUT2D eigenvalue weighted by Gasteiger charge is 2.53. The first-order valence-corrected chi connectivity index (χ1v) is 8.87. The Morgan fingerprint density at radius 1 is 1.12 bits per heavy atom. The topological polar surface area (TPSA) is 49.8 Å². The Balaban J connectivity index is 2.17. The maximum Gasteiger partial charge on any atom is 0.215 e. The van der Waals surface area contributed by atoms with Gasteiger partial charge in [-0.1, -0.05) is 49.7 Å². The predicted octanol–water partition coefficient (Wildman–Crippen LogP) is 3.51. The lowest BCUT2D eigenvalue weighted by Crippen LogP contribution is -2.58. The number of halogens is 1. The minimum absolute atomic E-state index is 0.129. The van der Waals surface area contributed by atoms with Crippen LogP contribution in [0.15, 0.2) is 48.5 Å². The Kier molecular flexibility index (Phi) is 5.13. The van der Waals surface area contributed by atoms with Gasteiger partial charge in [0.25, 0.3) is 0 Å². The van der Waals surface area contributed by atoms with E-state index in [-0.39, 0.29) is 5.78 Å². The van der Waals surface area contributed by atoms with E-state index in [0.717, 1.165) is 13.1 Å². The van der Waals surface area contributed by atoms with Crippen LogP contribution in [0.1, 0.15) is 29.8 Å². The monoisotopic (exact) mass is 359 g/mol. The third-order valence-electron chi connectivity index (χ3n) is 4.92. The Hall–Kier alpha value is -1.88. The molecule has 0 saturated carbocycles. The number of nitrogens with zero attached hydrogens (tertiary/aromatic N) is 1. The van der Waals surface area contributed by atoms with Crippen LogP contribution in [0.4, 0.5) is 0 Å². The van der Waals surface area contributed by atoms with Crippen molar-refractivity contribution in [3.05, 3.63) is 64.7 Å². The summed E-state index contributed by atoms with van der Waals surface area (Å²) in [7, 11) is 0. The van der Waals surface area contributed by atoms with E-state index in [4.69, 9.17) is 16.3 Å². The van der Waals surface area contributed by atoms with Crippen LogP contribution in [-0.2, 0) is 5.41 Å². The van der Waals surface area contributed by atoms with E-state index in [0.29, 0.717) is 28.4 Å². The van der Waals surface area contributed by atoms with E-state index in [2.05, 4.69) is 4.90 Å². The van der Waals surface area contributed by atoms with Crippen LogP contribution < -0.4 is 4.74 Å². The summed E-state index contributed by atoms with van der Waals surface area (Å²) >= 11 is 6.02. The number of likely N-dealkylation sites (N-methyl/N-ethyl adjacent to an activating group) is 1. The van der Waals surface area contributed by atoms with Crippen LogP contribution >= 0.6 is 11.6 Å². The van der Waals surface area contributed by atoms with Crippen LogP contribution in [0, 0.1) is 0 Å². The van der Waals surface area contributed by atoms with Gasteiger partial charge in [0.15, 0.2) is 5.78 Å². The molecule has 25 heavy (non-hydrogen) atoms. The first kappa shape index (κ1) is 17.9. The van der Waals surface area contributed by atoms with Crippen LogP contribution in [0.3, 0.4) is 0 Å². The van der Waals surface area contributed by atoms with Crippen molar-refractivity contribution in [2.75, 3.05) is 19.6 Å². The Bertz CT molecular complexity index is 758. The summed E-state index contributed by atoms with van der Waals surface area (Å²) < 4.78 is 5.77. The number of ether oxygens (including phenoxy) is 1. The van der Waals surface area contributed by atoms with Crippen LogP contribution in [-0.4, -0.2) is 41.7 Å². The molecule has 0 radical (unpaired) electrons. The number of aliphatic hydroxyl groups excluding tert-OH is 1. The highest BCUT2D eigenvalue weighted by molar-refractivity contribution is 6.30. The molecule has 1 N–H and O–H groups in total. The van der Waals surface area contributed by atoms with Crippen molar-refractivity contribution in [1.29, 1.82) is 0 Å². The Labute approximate surface area is 153 Å². The van der Waals surface area contributed by atoms with E-state index >= 15 is 0 Å². The number of aliphatic hydroxyl groups is 1. The second-order valence-electron chi connectivity index (χ2n) is 6.24. The summed E-state index contributed by atoms with van der Waals surface area (Å²) in [6, 6.07) is 14.1. The van der Waals surface area contributed by atoms with Gasteiger partial charge in [0.2, 0.25) is 6.29 Å². The number of carbonyl (C=O) groups excluding carboxylic acids is 1. The third kappa shape index (κ3) is 3.06. The number of ketones is 1. The van der Waals surface area contributed by atoms with E-state index < -0.39 is 11.7 Å². The lowest BCUT2D eigenvalue weighted by Gasteiger charge is -2.43. The van der Waals surface area contributed by atoms with Crippen molar-refractivity contribution in [1.82, 2.24) is 4.90 Å². The van der Waals surface area contributed by atoms with Gasteiger partial charge in [-0.2, -0.15) is 0 Å². The molecule has 132 valence electrons. The summed E-state index contributed by atoms with van der Waals surface area (Å²) in [5.74, 6) is 0.292. The van der Waals surface area contributed by atoms with Gasteiger partial charge in [0.05, 0.1) is 5.56 Å². The van der Waals surface area contributed by atoms with Gasteiger partial charge >= 0.3 is 0 Å². The molecule has 0 spiro atoms. The average molecular weight is 360 g/mol. The molecule has 0 aromatic heterocycles. The zero-order valence-electron chi connectivity index (χ0n) is 14.4. The fourth-order valence-corrected chi connectivity index (χ4v) is 3.52. The minimum Gasteiger partial charge on any atom is -0.463 e. The zero-order chi connectivity index (χ0) is 18.0. The van der Waals surface area contributed by atoms with Crippen LogP contribution in [0.25, 0.3) is 0 Å². The molecule has 1 aliphatic heterocycles. The highest BCUT2D eigenvalue weighted by Crippen LogP contribution is 2.41. The first-order chi connectivity index (χ1) is 12.0. The quantitative estimate of drug-likeness (QED) is 0.887. The summed E-state index contributed by atoms with van der Waals surface area (Å²) in [5, 5.41) is 11.5. The van der Waals surface area contributed by atoms with Crippen molar-refractivity contribution in [3.8, 4) is 5.75 Å². The van der Waals surface area contributed by atoms with E-state index in [1.807, 2.05) is 19.9 Å². The number of para-hydroxylation sites is 1. The highest BCUT2D eigenvalue weighted by atomic mass is 35.5. The second kappa shape index (κ2) is 7.16. The zero-order valence-corrected chi connectivity index (χ0v) is 15.2. The van der Waals surface area contributed by atoms with Crippen LogP contribution in [0.2, 0.25) is 5.02 Å². The number of carbonyl (C=O) groups is 1. The van der Waals surface area contributed by atoms with Gasteiger partial charge in [-0.25, -0.2) is 0 Å². The average Bonchev–Trinajstić information content (AvgIpc) is 2.63. The largest absolute Gasteiger partial charge is 0.463 e. The molecule has 0 aliphatic carbocycles. The molecule has 0 saturated heterocycles. The van der Waals surface area contributed by atoms with Gasteiger partial charge < -0.3 is 14.7 Å². The van der Waals surface area contributed by atoms with Gasteiger partial charge in [0.1, 0.15) is 11.2 Å². The lowest BCUT2D eigenvalue weighted by atomic mass is 9.71. The summed E-state index contributed by atoms with van der Waals surface area (Å²) in [6.07, 6.45) is -1.27. The standard InChI is InChI=1S/C20H22ClNO3/c1-3-22(4-2)13-20(14-9-11-15(21)12-10-14)18(23)16-7-5-6-8-17(16)25-19(20)24/h5-12,19,24H,3-4,13H2,1-2H3. The molecule has 2 aromatic carbocycles. The molecule has 4 nitrogen and oxygen atoms in total. The maximum absolute atomic E-state index is 13.5. The molecule has 2 atom stereocenters. The molecule has 2 aromatic rings. The number of Topliss-reactive ketones (excluding diaryl/α,β-unsaturated/α-hetero) is 1. The molecule has 3 rings (SSSR count). The number of rotatable bonds is 5. The smallest absolute Gasteiger partial charge is 0.215 e.